The van der Waals surface area contributed by atoms with Gasteiger partial charge in [0.25, 0.3) is 0 Å². The molecule has 1 saturated carbocycles. The van der Waals surface area contributed by atoms with Crippen molar-refractivity contribution >= 4 is 29.2 Å². The third-order valence-electron chi connectivity index (χ3n) is 9.40. The molecule has 45 heavy (non-hydrogen) atoms. The van der Waals surface area contributed by atoms with Crippen LogP contribution in [0.2, 0.25) is 0 Å². The molecule has 0 amide bonds. The van der Waals surface area contributed by atoms with Crippen LogP contribution < -0.4 is 9.47 Å². The molecule has 1 aliphatic carbocycles. The molecule has 0 bridgehead atoms. The van der Waals surface area contributed by atoms with Gasteiger partial charge in [0.05, 0.1) is 43.9 Å². The average molecular weight is 608 g/mol. The van der Waals surface area contributed by atoms with Crippen LogP contribution in [0.5, 0.6) is 11.5 Å². The zero-order valence-corrected chi connectivity index (χ0v) is 27.1. The molecule has 4 aliphatic rings. The zero-order chi connectivity index (χ0) is 31.5. The first-order valence-electron chi connectivity index (χ1n) is 16.4. The fraction of sp³-hybridized carbons (Fsp3) is 0.447. The Bertz CT molecular complexity index is 1580. The largest absolute Gasteiger partial charge is 0.496 e. The minimum Gasteiger partial charge on any atom is -0.496 e. The highest BCUT2D eigenvalue weighted by atomic mass is 16.5. The van der Waals surface area contributed by atoms with E-state index in [2.05, 4.69) is 51.6 Å². The second kappa shape index (κ2) is 13.6. The van der Waals surface area contributed by atoms with Crippen LogP contribution in [0, 0.1) is 30.6 Å². The van der Waals surface area contributed by atoms with Crippen molar-refractivity contribution < 1.29 is 19.0 Å². The number of Topliss-reactive ketones (excluding diaryl/α,β-unsaturated/α-hetero) is 1. The monoisotopic (exact) mass is 607 g/mol. The minimum atomic E-state index is 0.251. The molecule has 7 heteroatoms. The Labute approximate surface area is 267 Å². The van der Waals surface area contributed by atoms with Gasteiger partial charge >= 0.3 is 0 Å². The number of carbonyl (C=O) groups is 1. The zero-order valence-electron chi connectivity index (χ0n) is 27.1. The predicted octanol–water partition coefficient (Wildman–Crippen LogP) is 8.11. The molecule has 2 atom stereocenters. The number of hydrogen-bond acceptors (Lipinski definition) is 7. The number of ketones is 1. The van der Waals surface area contributed by atoms with Crippen molar-refractivity contribution in [3.63, 3.8) is 0 Å². The third kappa shape index (κ3) is 6.99. The molecular formula is C38H45N3O4. The molecule has 0 spiro atoms. The number of fused-ring (bicyclic) bond motifs is 1. The van der Waals surface area contributed by atoms with Crippen LogP contribution in [0.4, 0.5) is 0 Å². The van der Waals surface area contributed by atoms with Crippen molar-refractivity contribution in [2.75, 3.05) is 26.9 Å². The summed E-state index contributed by atoms with van der Waals surface area (Å²) >= 11 is 0. The van der Waals surface area contributed by atoms with Crippen LogP contribution >= 0.6 is 0 Å². The SMILES string of the molecule is C=Cc1cc(OC2=NN3C(=CCC(C)C=C3c3ccc(C(=O)CC(CC)C4CC4)c(C)c3)C(=NCC3COC3)C2)ccc1OC. The number of allylic oxidation sites excluding steroid dienone is 3. The maximum absolute atomic E-state index is 13.4. The van der Waals surface area contributed by atoms with Gasteiger partial charge < -0.3 is 14.2 Å². The van der Waals surface area contributed by atoms with E-state index in [1.165, 1.54) is 12.8 Å². The van der Waals surface area contributed by atoms with Crippen molar-refractivity contribution in [1.29, 1.82) is 0 Å². The van der Waals surface area contributed by atoms with Crippen molar-refractivity contribution in [2.45, 2.75) is 59.3 Å². The van der Waals surface area contributed by atoms with Crippen LogP contribution in [0.1, 0.15) is 79.4 Å². The fourth-order valence-corrected chi connectivity index (χ4v) is 6.46. The van der Waals surface area contributed by atoms with E-state index in [9.17, 15) is 4.79 Å². The lowest BCUT2D eigenvalue weighted by atomic mass is 9.90. The van der Waals surface area contributed by atoms with Gasteiger partial charge in [-0.2, -0.15) is 0 Å². The van der Waals surface area contributed by atoms with Gasteiger partial charge in [-0.15, -0.1) is 5.10 Å². The molecule has 1 saturated heterocycles. The van der Waals surface area contributed by atoms with E-state index in [4.69, 9.17) is 24.3 Å². The summed E-state index contributed by atoms with van der Waals surface area (Å²) in [6.07, 6.45) is 11.9. The van der Waals surface area contributed by atoms with E-state index in [0.29, 0.717) is 48.8 Å². The summed E-state index contributed by atoms with van der Waals surface area (Å²) in [4.78, 5) is 18.5. The Hall–Kier alpha value is -3.97. The number of benzene rings is 2. The first-order chi connectivity index (χ1) is 21.9. The standard InChI is InChI=1S/C38H45N3O4/c1-6-27(29-9-10-29)19-36(42)32-13-11-30(17-25(32)4)35-16-24(3)8-14-34-33(39-21-26-22-44-23-26)20-38(40-41(34)35)45-31-12-15-37(43-5)28(7-2)18-31/h7,11-18,24,26-27,29H,2,6,8-10,19-23H2,1,3-5H3. The summed E-state index contributed by atoms with van der Waals surface area (Å²) in [7, 11) is 1.65. The number of aryl methyl sites for hydroxylation is 1. The van der Waals surface area contributed by atoms with Crippen molar-refractivity contribution in [1.82, 2.24) is 5.01 Å². The van der Waals surface area contributed by atoms with Crippen LogP contribution in [0.3, 0.4) is 0 Å². The van der Waals surface area contributed by atoms with Gasteiger partial charge in [-0.25, -0.2) is 5.01 Å². The summed E-state index contributed by atoms with van der Waals surface area (Å²) < 4.78 is 17.3. The fourth-order valence-electron chi connectivity index (χ4n) is 6.46. The highest BCUT2D eigenvalue weighted by Gasteiger charge is 2.33. The van der Waals surface area contributed by atoms with Gasteiger partial charge in [0, 0.05) is 35.6 Å². The van der Waals surface area contributed by atoms with E-state index in [0.717, 1.165) is 77.1 Å². The van der Waals surface area contributed by atoms with Crippen LogP contribution in [-0.4, -0.2) is 49.3 Å². The number of ether oxygens (including phenoxy) is 3. The number of aliphatic imine (C=N–C) groups is 1. The number of hydrogen-bond donors (Lipinski definition) is 0. The molecule has 0 radical (unpaired) electrons. The number of hydrazone groups is 1. The lowest BCUT2D eigenvalue weighted by Gasteiger charge is -2.31. The average Bonchev–Trinajstić information content (AvgIpc) is 3.87. The molecular weight excluding hydrogens is 562 g/mol. The summed E-state index contributed by atoms with van der Waals surface area (Å²) in [5, 5.41) is 7.08. The normalized spacial score (nSPS) is 21.5. The highest BCUT2D eigenvalue weighted by molar-refractivity contribution is 6.13. The summed E-state index contributed by atoms with van der Waals surface area (Å²) in [5.74, 6) is 4.16. The molecule has 2 unspecified atom stereocenters. The van der Waals surface area contributed by atoms with Gasteiger partial charge in [0.2, 0.25) is 5.90 Å². The van der Waals surface area contributed by atoms with E-state index in [1.54, 1.807) is 13.2 Å². The minimum absolute atomic E-state index is 0.251. The Morgan fingerprint density at radius 1 is 1.20 bits per heavy atom. The second-order valence-corrected chi connectivity index (χ2v) is 12.9. The molecule has 6 rings (SSSR count). The van der Waals surface area contributed by atoms with Crippen LogP contribution in [0.15, 0.2) is 70.9 Å². The Morgan fingerprint density at radius 2 is 2.02 bits per heavy atom. The van der Waals surface area contributed by atoms with Crippen LogP contribution in [-0.2, 0) is 4.74 Å². The number of methoxy groups -OCH3 is 1. The molecule has 0 N–H and O–H groups in total. The van der Waals surface area contributed by atoms with Crippen molar-refractivity contribution in [2.24, 2.45) is 33.8 Å². The van der Waals surface area contributed by atoms with Crippen LogP contribution in [0.25, 0.3) is 11.8 Å². The lowest BCUT2D eigenvalue weighted by Crippen LogP contribution is -2.34. The van der Waals surface area contributed by atoms with E-state index in [1.807, 2.05) is 29.3 Å². The molecule has 2 aromatic carbocycles. The van der Waals surface area contributed by atoms with E-state index >= 15 is 0 Å². The van der Waals surface area contributed by atoms with Gasteiger partial charge in [-0.05, 0) is 73.8 Å². The summed E-state index contributed by atoms with van der Waals surface area (Å²) in [6.45, 7) is 12.6. The second-order valence-electron chi connectivity index (χ2n) is 12.9. The van der Waals surface area contributed by atoms with Gasteiger partial charge in [-0.3, -0.25) is 9.79 Å². The van der Waals surface area contributed by atoms with Crippen molar-refractivity contribution in [3.05, 3.63) is 83.1 Å². The smallest absolute Gasteiger partial charge is 0.219 e. The van der Waals surface area contributed by atoms with Gasteiger partial charge in [0.15, 0.2) is 5.78 Å². The maximum atomic E-state index is 13.4. The topological polar surface area (TPSA) is 72.7 Å². The predicted molar refractivity (Wildman–Crippen MR) is 181 cm³/mol. The van der Waals surface area contributed by atoms with Gasteiger partial charge in [-0.1, -0.05) is 57.2 Å². The Balaban J connectivity index is 1.34. The number of carbonyl (C=O) groups excluding carboxylic acids is 1. The molecule has 2 aromatic rings. The molecule has 0 aromatic heterocycles. The molecule has 236 valence electrons. The third-order valence-corrected chi connectivity index (χ3v) is 9.40. The van der Waals surface area contributed by atoms with Crippen molar-refractivity contribution in [3.8, 4) is 11.5 Å². The first kappa shape index (κ1) is 31.0. The lowest BCUT2D eigenvalue weighted by molar-refractivity contribution is -0.0265. The quantitative estimate of drug-likeness (QED) is 0.241. The van der Waals surface area contributed by atoms with Gasteiger partial charge in [0.1, 0.15) is 11.5 Å². The Kier molecular flexibility index (Phi) is 9.36. The molecule has 3 aliphatic heterocycles. The summed E-state index contributed by atoms with van der Waals surface area (Å²) in [5.41, 5.74) is 6.62. The van der Waals surface area contributed by atoms with E-state index < -0.39 is 0 Å². The maximum Gasteiger partial charge on any atom is 0.219 e. The first-order valence-corrected chi connectivity index (χ1v) is 16.4. The molecule has 7 nitrogen and oxygen atoms in total. The highest BCUT2D eigenvalue weighted by Crippen LogP contribution is 2.41. The summed E-state index contributed by atoms with van der Waals surface area (Å²) in [6, 6.07) is 11.9. The Morgan fingerprint density at radius 3 is 2.69 bits per heavy atom. The molecule has 2 fully saturated rings. The van der Waals surface area contributed by atoms with E-state index in [-0.39, 0.29) is 5.78 Å². The number of nitrogens with zero attached hydrogens (tertiary/aromatic N) is 3. The molecule has 3 heterocycles. The number of rotatable bonds is 11.